The lowest BCUT2D eigenvalue weighted by atomic mass is 10.0. The molecular formula is C13H12F2N2O. The van der Waals surface area contributed by atoms with Gasteiger partial charge in [0.2, 0.25) is 0 Å². The van der Waals surface area contributed by atoms with Crippen molar-refractivity contribution in [2.24, 2.45) is 0 Å². The van der Waals surface area contributed by atoms with Gasteiger partial charge < -0.3 is 10.8 Å². The molecule has 0 bridgehead atoms. The van der Waals surface area contributed by atoms with E-state index in [1.54, 1.807) is 6.07 Å². The summed E-state index contributed by atoms with van der Waals surface area (Å²) < 4.78 is 26.0. The molecule has 1 aromatic carbocycles. The number of hydrogen-bond donors (Lipinski definition) is 2. The first-order valence-corrected chi connectivity index (χ1v) is 5.38. The van der Waals surface area contributed by atoms with E-state index in [1.165, 1.54) is 24.5 Å². The number of anilines is 1. The molecule has 1 aromatic heterocycles. The highest BCUT2D eigenvalue weighted by Crippen LogP contribution is 2.23. The molecule has 0 saturated heterocycles. The molecule has 3 nitrogen and oxygen atoms in total. The molecule has 2 rings (SSSR count). The minimum Gasteiger partial charge on any atom is -0.398 e. The minimum absolute atomic E-state index is 0.0740. The summed E-state index contributed by atoms with van der Waals surface area (Å²) in [7, 11) is 0. The van der Waals surface area contributed by atoms with E-state index >= 15 is 0 Å². The van der Waals surface area contributed by atoms with E-state index in [-0.39, 0.29) is 6.42 Å². The average molecular weight is 250 g/mol. The van der Waals surface area contributed by atoms with Crippen molar-refractivity contribution in [2.45, 2.75) is 12.5 Å². The third-order valence-electron chi connectivity index (χ3n) is 2.60. The number of benzene rings is 1. The van der Waals surface area contributed by atoms with Crippen molar-refractivity contribution < 1.29 is 13.9 Å². The molecule has 0 radical (unpaired) electrons. The number of nitrogens with two attached hydrogens (primary N) is 1. The maximum atomic E-state index is 13.0. The highest BCUT2D eigenvalue weighted by Gasteiger charge is 2.13. The molecule has 3 N–H and O–H groups in total. The van der Waals surface area contributed by atoms with E-state index in [0.717, 1.165) is 6.07 Å². The summed E-state index contributed by atoms with van der Waals surface area (Å²) in [6.45, 7) is 0. The molecule has 1 atom stereocenters. The van der Waals surface area contributed by atoms with Crippen LogP contribution in [-0.2, 0) is 6.42 Å². The van der Waals surface area contributed by atoms with Crippen molar-refractivity contribution in [1.82, 2.24) is 4.98 Å². The fourth-order valence-corrected chi connectivity index (χ4v) is 1.76. The molecule has 0 aliphatic rings. The molecular weight excluding hydrogens is 238 g/mol. The van der Waals surface area contributed by atoms with Gasteiger partial charge >= 0.3 is 0 Å². The van der Waals surface area contributed by atoms with Crippen LogP contribution in [0.15, 0.2) is 36.7 Å². The fraction of sp³-hybridized carbons (Fsp3) is 0.154. The molecule has 1 heterocycles. The number of nitrogen functional groups attached to an aromatic ring is 1. The number of pyridine rings is 1. The lowest BCUT2D eigenvalue weighted by molar-refractivity contribution is 0.178. The second-order valence-electron chi connectivity index (χ2n) is 4.00. The molecule has 0 fully saturated rings. The summed E-state index contributed by atoms with van der Waals surface area (Å²) in [6.07, 6.45) is 2.08. The summed E-state index contributed by atoms with van der Waals surface area (Å²) in [5.41, 5.74) is 6.89. The number of nitrogens with zero attached hydrogens (tertiary/aromatic N) is 1. The Morgan fingerprint density at radius 3 is 2.50 bits per heavy atom. The van der Waals surface area contributed by atoms with Crippen molar-refractivity contribution in [3.05, 3.63) is 59.4 Å². The second-order valence-corrected chi connectivity index (χ2v) is 4.00. The van der Waals surface area contributed by atoms with E-state index in [2.05, 4.69) is 4.98 Å². The predicted molar refractivity (Wildman–Crippen MR) is 63.7 cm³/mol. The van der Waals surface area contributed by atoms with Gasteiger partial charge in [-0.1, -0.05) is 0 Å². The molecule has 0 aliphatic heterocycles. The molecule has 0 spiro atoms. The molecule has 0 amide bonds. The second kappa shape index (κ2) is 5.10. The molecule has 0 aliphatic carbocycles. The van der Waals surface area contributed by atoms with Gasteiger partial charge in [0, 0.05) is 36.1 Å². The van der Waals surface area contributed by atoms with Crippen molar-refractivity contribution in [3.63, 3.8) is 0 Å². The highest BCUT2D eigenvalue weighted by molar-refractivity contribution is 5.46. The Morgan fingerprint density at radius 1 is 1.22 bits per heavy atom. The van der Waals surface area contributed by atoms with Gasteiger partial charge in [0.25, 0.3) is 0 Å². The summed E-state index contributed by atoms with van der Waals surface area (Å²) in [5.74, 6) is -1.34. The van der Waals surface area contributed by atoms with Gasteiger partial charge in [-0.2, -0.15) is 0 Å². The SMILES string of the molecule is Nc1ccncc1C(O)Cc1cc(F)cc(F)c1. The third-order valence-corrected chi connectivity index (χ3v) is 2.60. The average Bonchev–Trinajstić information content (AvgIpc) is 2.27. The molecule has 2 aromatic rings. The zero-order chi connectivity index (χ0) is 13.1. The van der Waals surface area contributed by atoms with E-state index < -0.39 is 17.7 Å². The Balaban J connectivity index is 2.21. The van der Waals surface area contributed by atoms with Crippen LogP contribution in [0.1, 0.15) is 17.2 Å². The minimum atomic E-state index is -0.945. The number of aromatic nitrogens is 1. The van der Waals surface area contributed by atoms with Crippen LogP contribution in [0.25, 0.3) is 0 Å². The van der Waals surface area contributed by atoms with Gasteiger partial charge in [-0.25, -0.2) is 8.78 Å². The van der Waals surface area contributed by atoms with E-state index in [4.69, 9.17) is 5.73 Å². The van der Waals surface area contributed by atoms with Crippen LogP contribution in [0.2, 0.25) is 0 Å². The zero-order valence-electron chi connectivity index (χ0n) is 9.48. The third kappa shape index (κ3) is 2.81. The highest BCUT2D eigenvalue weighted by atomic mass is 19.1. The summed E-state index contributed by atoms with van der Waals surface area (Å²) in [4.78, 5) is 3.86. The lowest BCUT2D eigenvalue weighted by Gasteiger charge is -2.13. The van der Waals surface area contributed by atoms with Crippen LogP contribution < -0.4 is 5.73 Å². The summed E-state index contributed by atoms with van der Waals surface area (Å²) >= 11 is 0. The molecule has 94 valence electrons. The predicted octanol–water partition coefficient (Wildman–Crippen LogP) is 2.22. The van der Waals surface area contributed by atoms with E-state index in [1.807, 2.05) is 0 Å². The van der Waals surface area contributed by atoms with Crippen LogP contribution >= 0.6 is 0 Å². The van der Waals surface area contributed by atoms with Crippen molar-refractivity contribution in [3.8, 4) is 0 Å². The van der Waals surface area contributed by atoms with Crippen LogP contribution in [-0.4, -0.2) is 10.1 Å². The number of rotatable bonds is 3. The maximum absolute atomic E-state index is 13.0. The Kier molecular flexibility index (Phi) is 3.53. The zero-order valence-corrected chi connectivity index (χ0v) is 9.48. The number of aliphatic hydroxyl groups excluding tert-OH is 1. The van der Waals surface area contributed by atoms with Crippen molar-refractivity contribution in [1.29, 1.82) is 0 Å². The maximum Gasteiger partial charge on any atom is 0.126 e. The number of halogens is 2. The first kappa shape index (κ1) is 12.4. The molecule has 5 heteroatoms. The normalized spacial score (nSPS) is 12.4. The lowest BCUT2D eigenvalue weighted by Crippen LogP contribution is -2.06. The van der Waals surface area contributed by atoms with Crippen LogP contribution in [0.3, 0.4) is 0 Å². The fourth-order valence-electron chi connectivity index (χ4n) is 1.76. The number of hydrogen-bond acceptors (Lipinski definition) is 3. The topological polar surface area (TPSA) is 59.1 Å². The quantitative estimate of drug-likeness (QED) is 0.878. The monoisotopic (exact) mass is 250 g/mol. The first-order valence-electron chi connectivity index (χ1n) is 5.38. The van der Waals surface area contributed by atoms with Crippen molar-refractivity contribution >= 4 is 5.69 Å². The van der Waals surface area contributed by atoms with Gasteiger partial charge in [0.1, 0.15) is 11.6 Å². The Morgan fingerprint density at radius 2 is 1.89 bits per heavy atom. The Hall–Kier alpha value is -2.01. The van der Waals surface area contributed by atoms with Gasteiger partial charge in [-0.15, -0.1) is 0 Å². The van der Waals surface area contributed by atoms with Gasteiger partial charge in [0.15, 0.2) is 0 Å². The van der Waals surface area contributed by atoms with Crippen LogP contribution in [0.4, 0.5) is 14.5 Å². The smallest absolute Gasteiger partial charge is 0.126 e. The Labute approximate surface area is 103 Å². The van der Waals surface area contributed by atoms with Crippen LogP contribution in [0, 0.1) is 11.6 Å². The van der Waals surface area contributed by atoms with Crippen LogP contribution in [0.5, 0.6) is 0 Å². The van der Waals surface area contributed by atoms with Crippen molar-refractivity contribution in [2.75, 3.05) is 5.73 Å². The van der Waals surface area contributed by atoms with Gasteiger partial charge in [0.05, 0.1) is 6.10 Å². The van der Waals surface area contributed by atoms with Gasteiger partial charge in [-0.05, 0) is 23.8 Å². The first-order chi connectivity index (χ1) is 8.56. The number of aliphatic hydroxyl groups is 1. The molecule has 0 saturated carbocycles. The summed E-state index contributed by atoms with van der Waals surface area (Å²) in [6, 6.07) is 4.71. The summed E-state index contributed by atoms with van der Waals surface area (Å²) in [5, 5.41) is 9.97. The van der Waals surface area contributed by atoms with E-state index in [9.17, 15) is 13.9 Å². The van der Waals surface area contributed by atoms with E-state index in [0.29, 0.717) is 16.8 Å². The van der Waals surface area contributed by atoms with Gasteiger partial charge in [-0.3, -0.25) is 4.98 Å². The standard InChI is InChI=1S/C13H12F2N2O/c14-9-3-8(4-10(15)6-9)5-13(18)11-7-17-2-1-12(11)16/h1-4,6-7,13,18H,5H2,(H2,16,17). The molecule has 1 unspecified atom stereocenters. The largest absolute Gasteiger partial charge is 0.398 e. The molecule has 18 heavy (non-hydrogen) atoms. The Bertz CT molecular complexity index is 540.